The lowest BCUT2D eigenvalue weighted by Crippen LogP contribution is -2.49. The number of amides is 2. The number of benzene rings is 1. The summed E-state index contributed by atoms with van der Waals surface area (Å²) in [6.07, 6.45) is 0.741. The highest BCUT2D eigenvalue weighted by Crippen LogP contribution is 2.17. The number of nitrogens with zero attached hydrogens (tertiary/aromatic N) is 1. The number of ether oxygens (including phenoxy) is 1. The van der Waals surface area contributed by atoms with E-state index in [-0.39, 0.29) is 29.7 Å². The molecule has 0 bridgehead atoms. The van der Waals surface area contributed by atoms with Crippen molar-refractivity contribution in [2.45, 2.75) is 47.1 Å². The van der Waals surface area contributed by atoms with Crippen molar-refractivity contribution >= 4 is 11.8 Å². The Labute approximate surface area is 163 Å². The second-order valence-corrected chi connectivity index (χ2v) is 8.46. The van der Waals surface area contributed by atoms with Crippen LogP contribution >= 0.6 is 0 Å². The van der Waals surface area contributed by atoms with Gasteiger partial charge < -0.3 is 20.7 Å². The van der Waals surface area contributed by atoms with Gasteiger partial charge in [-0.3, -0.25) is 9.59 Å². The summed E-state index contributed by atoms with van der Waals surface area (Å²) < 4.78 is 5.17. The van der Waals surface area contributed by atoms with Crippen LogP contribution in [0.4, 0.5) is 0 Å². The molecule has 1 rings (SSSR count). The number of carbonyl (C=O) groups is 2. The molecule has 0 spiro atoms. The molecular weight excluding hydrogens is 342 g/mol. The molecule has 0 radical (unpaired) electrons. The van der Waals surface area contributed by atoms with E-state index in [1.165, 1.54) is 0 Å². The van der Waals surface area contributed by atoms with Crippen LogP contribution < -0.4 is 15.8 Å². The predicted octanol–water partition coefficient (Wildman–Crippen LogP) is 2.21. The molecule has 0 heterocycles. The summed E-state index contributed by atoms with van der Waals surface area (Å²) in [7, 11) is 1.64. The molecule has 0 aliphatic carbocycles. The van der Waals surface area contributed by atoms with Crippen LogP contribution in [0.3, 0.4) is 0 Å². The zero-order chi connectivity index (χ0) is 20.6. The van der Waals surface area contributed by atoms with E-state index < -0.39 is 6.04 Å². The molecule has 1 atom stereocenters. The van der Waals surface area contributed by atoms with Gasteiger partial charge in [0, 0.05) is 13.1 Å². The second-order valence-electron chi connectivity index (χ2n) is 8.46. The van der Waals surface area contributed by atoms with Crippen molar-refractivity contribution in [1.82, 2.24) is 10.2 Å². The Morgan fingerprint density at radius 3 is 2.26 bits per heavy atom. The Morgan fingerprint density at radius 1 is 1.19 bits per heavy atom. The van der Waals surface area contributed by atoms with Gasteiger partial charge in [0.2, 0.25) is 11.8 Å². The van der Waals surface area contributed by atoms with Crippen molar-refractivity contribution in [3.63, 3.8) is 0 Å². The maximum atomic E-state index is 12.7. The number of nitrogens with one attached hydrogen (secondary N) is 1. The van der Waals surface area contributed by atoms with Gasteiger partial charge in [0.25, 0.3) is 0 Å². The minimum absolute atomic E-state index is 0.0286. The van der Waals surface area contributed by atoms with Gasteiger partial charge >= 0.3 is 0 Å². The summed E-state index contributed by atoms with van der Waals surface area (Å²) in [5.74, 6) is 0.457. The third kappa shape index (κ3) is 8.43. The topological polar surface area (TPSA) is 84.7 Å². The lowest BCUT2D eigenvalue weighted by Gasteiger charge is -2.30. The van der Waals surface area contributed by atoms with Crippen molar-refractivity contribution in [2.75, 3.05) is 26.7 Å². The highest BCUT2D eigenvalue weighted by molar-refractivity contribution is 5.87. The molecule has 6 heteroatoms. The highest BCUT2D eigenvalue weighted by atomic mass is 16.5. The van der Waals surface area contributed by atoms with Gasteiger partial charge in [-0.15, -0.1) is 0 Å². The van der Waals surface area contributed by atoms with E-state index in [0.29, 0.717) is 13.1 Å². The lowest BCUT2D eigenvalue weighted by atomic mass is 9.95. The molecule has 0 saturated carbocycles. The summed E-state index contributed by atoms with van der Waals surface area (Å²) in [6.45, 7) is 11.2. The molecule has 0 unspecified atom stereocenters. The second kappa shape index (κ2) is 10.3. The molecule has 0 aliphatic rings. The van der Waals surface area contributed by atoms with Crippen molar-refractivity contribution in [2.24, 2.45) is 17.1 Å². The molecule has 27 heavy (non-hydrogen) atoms. The van der Waals surface area contributed by atoms with E-state index in [0.717, 1.165) is 17.7 Å². The first kappa shape index (κ1) is 23.0. The Balaban J connectivity index is 2.69. The van der Waals surface area contributed by atoms with Crippen molar-refractivity contribution in [3.8, 4) is 5.75 Å². The van der Waals surface area contributed by atoms with Crippen LogP contribution in [0.2, 0.25) is 0 Å². The maximum absolute atomic E-state index is 12.7. The van der Waals surface area contributed by atoms with Gasteiger partial charge in [-0.25, -0.2) is 0 Å². The molecule has 6 nitrogen and oxygen atoms in total. The number of nitrogens with two attached hydrogens (primary N) is 1. The van der Waals surface area contributed by atoms with Gasteiger partial charge in [-0.2, -0.15) is 0 Å². The largest absolute Gasteiger partial charge is 0.497 e. The number of hydrogen-bond acceptors (Lipinski definition) is 4. The molecule has 1 aromatic rings. The molecule has 0 aliphatic heterocycles. The Kier molecular flexibility index (Phi) is 8.76. The van der Waals surface area contributed by atoms with E-state index >= 15 is 0 Å². The molecule has 1 aromatic carbocycles. The third-order valence-corrected chi connectivity index (χ3v) is 4.28. The van der Waals surface area contributed by atoms with E-state index in [2.05, 4.69) is 26.1 Å². The summed E-state index contributed by atoms with van der Waals surface area (Å²) in [4.78, 5) is 26.5. The minimum atomic E-state index is -0.604. The molecule has 2 amide bonds. The van der Waals surface area contributed by atoms with Crippen LogP contribution in [0.5, 0.6) is 5.75 Å². The summed E-state index contributed by atoms with van der Waals surface area (Å²) in [5.41, 5.74) is 6.93. The normalized spacial score (nSPS) is 12.6. The van der Waals surface area contributed by atoms with Gasteiger partial charge in [0.05, 0.1) is 19.7 Å². The van der Waals surface area contributed by atoms with Crippen LogP contribution in [-0.2, 0) is 16.0 Å². The highest BCUT2D eigenvalue weighted by Gasteiger charge is 2.23. The number of methoxy groups -OCH3 is 1. The zero-order valence-electron chi connectivity index (χ0n) is 17.5. The van der Waals surface area contributed by atoms with E-state index in [4.69, 9.17) is 10.5 Å². The maximum Gasteiger partial charge on any atom is 0.241 e. The van der Waals surface area contributed by atoms with Gasteiger partial charge in [0.1, 0.15) is 5.75 Å². The lowest BCUT2D eigenvalue weighted by molar-refractivity contribution is -0.134. The average Bonchev–Trinajstić information content (AvgIpc) is 2.61. The fourth-order valence-electron chi connectivity index (χ4n) is 2.62. The number of rotatable bonds is 9. The molecule has 0 fully saturated rings. The number of hydrogen-bond donors (Lipinski definition) is 2. The van der Waals surface area contributed by atoms with Crippen LogP contribution in [0.1, 0.15) is 40.2 Å². The smallest absolute Gasteiger partial charge is 0.241 e. The first-order chi connectivity index (χ1) is 12.5. The predicted molar refractivity (Wildman–Crippen MR) is 109 cm³/mol. The Hall–Kier alpha value is -2.08. The third-order valence-electron chi connectivity index (χ3n) is 4.28. The summed E-state index contributed by atoms with van der Waals surface area (Å²) in [6, 6.07) is 7.23. The van der Waals surface area contributed by atoms with Crippen LogP contribution in [0, 0.1) is 11.3 Å². The molecule has 152 valence electrons. The average molecular weight is 378 g/mol. The SMILES string of the molecule is COc1ccc(CCN(CC(C)(C)C)C(=O)CNC(=O)[C@@H](N)C(C)C)cc1. The van der Waals surface area contributed by atoms with Gasteiger partial charge in [-0.05, 0) is 35.4 Å². The summed E-state index contributed by atoms with van der Waals surface area (Å²) in [5, 5.41) is 2.67. The van der Waals surface area contributed by atoms with Crippen molar-refractivity contribution in [3.05, 3.63) is 29.8 Å². The monoisotopic (exact) mass is 377 g/mol. The van der Waals surface area contributed by atoms with Crippen molar-refractivity contribution < 1.29 is 14.3 Å². The quantitative estimate of drug-likeness (QED) is 0.691. The molecular formula is C21H35N3O3. The zero-order valence-corrected chi connectivity index (χ0v) is 17.5. The first-order valence-corrected chi connectivity index (χ1v) is 9.47. The number of carbonyl (C=O) groups excluding carboxylic acids is 2. The Bertz CT molecular complexity index is 606. The van der Waals surface area contributed by atoms with E-state index in [1.807, 2.05) is 43.0 Å². The van der Waals surface area contributed by atoms with Gasteiger partial charge in [-0.1, -0.05) is 46.8 Å². The van der Waals surface area contributed by atoms with Crippen LogP contribution in [0.15, 0.2) is 24.3 Å². The van der Waals surface area contributed by atoms with Gasteiger partial charge in [0.15, 0.2) is 0 Å². The van der Waals surface area contributed by atoms with E-state index in [9.17, 15) is 9.59 Å². The van der Waals surface area contributed by atoms with Crippen LogP contribution in [0.25, 0.3) is 0 Å². The minimum Gasteiger partial charge on any atom is -0.497 e. The first-order valence-electron chi connectivity index (χ1n) is 9.47. The summed E-state index contributed by atoms with van der Waals surface area (Å²) >= 11 is 0. The fraction of sp³-hybridized carbons (Fsp3) is 0.619. The van der Waals surface area contributed by atoms with E-state index in [1.54, 1.807) is 7.11 Å². The molecule has 3 N–H and O–H groups in total. The molecule has 0 saturated heterocycles. The van der Waals surface area contributed by atoms with Crippen molar-refractivity contribution in [1.29, 1.82) is 0 Å². The van der Waals surface area contributed by atoms with Crippen LogP contribution in [-0.4, -0.2) is 49.5 Å². The fourth-order valence-corrected chi connectivity index (χ4v) is 2.62. The molecule has 0 aromatic heterocycles. The Morgan fingerprint density at radius 2 is 1.78 bits per heavy atom. The standard InChI is InChI=1S/C21H35N3O3/c1-15(2)19(22)20(26)23-13-18(25)24(14-21(3,4)5)12-11-16-7-9-17(27-6)10-8-16/h7-10,15,19H,11-14,22H2,1-6H3,(H,23,26)/t19-/m0/s1.